The first-order valence-electron chi connectivity index (χ1n) is 11.6. The summed E-state index contributed by atoms with van der Waals surface area (Å²) in [4.78, 5) is 40.2. The van der Waals surface area contributed by atoms with E-state index in [9.17, 15) is 14.4 Å². The summed E-state index contributed by atoms with van der Waals surface area (Å²) >= 11 is 0. The molecule has 2 aromatic carbocycles. The van der Waals surface area contributed by atoms with Crippen molar-refractivity contribution in [3.8, 4) is 5.75 Å². The van der Waals surface area contributed by atoms with Crippen LogP contribution >= 0.6 is 0 Å². The van der Waals surface area contributed by atoms with Crippen molar-refractivity contribution in [3.05, 3.63) is 53.6 Å². The summed E-state index contributed by atoms with van der Waals surface area (Å²) < 4.78 is 5.90. The molecule has 33 heavy (non-hydrogen) atoms. The predicted molar refractivity (Wildman–Crippen MR) is 128 cm³/mol. The molecule has 1 fully saturated rings. The standard InChI is InChI=1S/C26H31N3O4/c1-4-17-9-12-20(13-10-17)27-23(30)16-29-21-15-18(24(31)28-19-7-5-6-8-19)11-14-22(21)33-26(2,3)25(29)32/h9-15,19H,4-8,16H2,1-3H3,(H,27,30)(H,28,31). The molecule has 1 aliphatic carbocycles. The Hall–Kier alpha value is -3.35. The van der Waals surface area contributed by atoms with Crippen molar-refractivity contribution >= 4 is 29.1 Å². The summed E-state index contributed by atoms with van der Waals surface area (Å²) in [5.41, 5.74) is 1.59. The molecule has 2 aromatic rings. The maximum atomic E-state index is 13.2. The summed E-state index contributed by atoms with van der Waals surface area (Å²) in [6.45, 7) is 5.24. The Morgan fingerprint density at radius 3 is 2.45 bits per heavy atom. The van der Waals surface area contributed by atoms with Crippen LogP contribution in [0, 0.1) is 0 Å². The van der Waals surface area contributed by atoms with Gasteiger partial charge >= 0.3 is 0 Å². The van der Waals surface area contributed by atoms with E-state index in [2.05, 4.69) is 17.6 Å². The number of carbonyl (C=O) groups is 3. The molecular formula is C26H31N3O4. The number of aryl methyl sites for hydroxylation is 1. The fourth-order valence-corrected chi connectivity index (χ4v) is 4.37. The van der Waals surface area contributed by atoms with Crippen LogP contribution < -0.4 is 20.3 Å². The number of hydrogen-bond acceptors (Lipinski definition) is 4. The topological polar surface area (TPSA) is 87.7 Å². The monoisotopic (exact) mass is 449 g/mol. The largest absolute Gasteiger partial charge is 0.476 e. The van der Waals surface area contributed by atoms with E-state index in [1.165, 1.54) is 10.5 Å². The Labute approximate surface area is 194 Å². The quantitative estimate of drug-likeness (QED) is 0.696. The van der Waals surface area contributed by atoms with Crippen molar-refractivity contribution in [2.75, 3.05) is 16.8 Å². The highest BCUT2D eigenvalue weighted by Crippen LogP contribution is 2.38. The molecule has 0 atom stereocenters. The van der Waals surface area contributed by atoms with Gasteiger partial charge in [0, 0.05) is 17.3 Å². The first-order chi connectivity index (χ1) is 15.8. The van der Waals surface area contributed by atoms with Gasteiger partial charge in [0.05, 0.1) is 5.69 Å². The first kappa shape index (κ1) is 22.8. The van der Waals surface area contributed by atoms with Gasteiger partial charge in [-0.15, -0.1) is 0 Å². The summed E-state index contributed by atoms with van der Waals surface area (Å²) in [6, 6.07) is 12.8. The average molecular weight is 450 g/mol. The lowest BCUT2D eigenvalue weighted by Crippen LogP contribution is -2.54. The van der Waals surface area contributed by atoms with Gasteiger partial charge in [0.1, 0.15) is 12.3 Å². The molecule has 7 nitrogen and oxygen atoms in total. The van der Waals surface area contributed by atoms with Crippen LogP contribution in [0.2, 0.25) is 0 Å². The van der Waals surface area contributed by atoms with Crippen molar-refractivity contribution in [3.63, 3.8) is 0 Å². The van der Waals surface area contributed by atoms with Crippen LogP contribution in [0.3, 0.4) is 0 Å². The lowest BCUT2D eigenvalue weighted by atomic mass is 10.0. The second-order valence-electron chi connectivity index (χ2n) is 9.24. The molecule has 3 amide bonds. The minimum absolute atomic E-state index is 0.178. The zero-order valence-electron chi connectivity index (χ0n) is 19.4. The number of fused-ring (bicyclic) bond motifs is 1. The maximum absolute atomic E-state index is 13.2. The molecule has 1 heterocycles. The zero-order valence-corrected chi connectivity index (χ0v) is 19.4. The maximum Gasteiger partial charge on any atom is 0.271 e. The Balaban J connectivity index is 1.55. The third-order valence-corrected chi connectivity index (χ3v) is 6.28. The molecule has 2 N–H and O–H groups in total. The molecule has 0 spiro atoms. The molecule has 1 saturated carbocycles. The fourth-order valence-electron chi connectivity index (χ4n) is 4.37. The molecule has 1 aliphatic heterocycles. The minimum Gasteiger partial charge on any atom is -0.476 e. The van der Waals surface area contributed by atoms with E-state index in [0.717, 1.165) is 32.1 Å². The van der Waals surface area contributed by atoms with E-state index >= 15 is 0 Å². The van der Waals surface area contributed by atoms with Crippen LogP contribution in [0.1, 0.15) is 62.4 Å². The fraction of sp³-hybridized carbons (Fsp3) is 0.423. The lowest BCUT2D eigenvalue weighted by Gasteiger charge is -2.38. The number of anilines is 2. The Morgan fingerprint density at radius 1 is 1.09 bits per heavy atom. The molecule has 0 radical (unpaired) electrons. The molecule has 2 aliphatic rings. The van der Waals surface area contributed by atoms with Gasteiger partial charge in [-0.3, -0.25) is 19.3 Å². The molecule has 4 rings (SSSR count). The van der Waals surface area contributed by atoms with Crippen molar-refractivity contribution in [2.45, 2.75) is 64.5 Å². The zero-order chi connectivity index (χ0) is 23.6. The molecule has 0 saturated heterocycles. The third kappa shape index (κ3) is 5.02. The molecular weight excluding hydrogens is 418 g/mol. The molecule has 174 valence electrons. The predicted octanol–water partition coefficient (Wildman–Crippen LogP) is 4.06. The number of nitrogens with one attached hydrogen (secondary N) is 2. The van der Waals surface area contributed by atoms with Crippen molar-refractivity contribution < 1.29 is 19.1 Å². The van der Waals surface area contributed by atoms with Crippen LogP contribution in [0.4, 0.5) is 11.4 Å². The average Bonchev–Trinajstić information content (AvgIpc) is 3.30. The molecule has 0 unspecified atom stereocenters. The van der Waals surface area contributed by atoms with E-state index < -0.39 is 5.60 Å². The first-order valence-corrected chi connectivity index (χ1v) is 11.6. The molecule has 0 aromatic heterocycles. The van der Waals surface area contributed by atoms with Crippen molar-refractivity contribution in [2.24, 2.45) is 0 Å². The SMILES string of the molecule is CCc1ccc(NC(=O)CN2C(=O)C(C)(C)Oc3ccc(C(=O)NC4CCCC4)cc32)cc1. The smallest absolute Gasteiger partial charge is 0.271 e. The van der Waals surface area contributed by atoms with Gasteiger partial charge in [-0.25, -0.2) is 0 Å². The summed E-state index contributed by atoms with van der Waals surface area (Å²) in [6.07, 6.45) is 5.13. The van der Waals surface area contributed by atoms with E-state index in [4.69, 9.17) is 4.74 Å². The van der Waals surface area contributed by atoms with Gasteiger partial charge in [0.25, 0.3) is 11.8 Å². The Bertz CT molecular complexity index is 1060. The summed E-state index contributed by atoms with van der Waals surface area (Å²) in [5, 5.41) is 5.92. The van der Waals surface area contributed by atoms with Crippen LogP contribution in [0.15, 0.2) is 42.5 Å². The van der Waals surface area contributed by atoms with Crippen molar-refractivity contribution in [1.29, 1.82) is 0 Å². The molecule has 0 bridgehead atoms. The number of ether oxygens (including phenoxy) is 1. The summed E-state index contributed by atoms with van der Waals surface area (Å²) in [7, 11) is 0. The van der Waals surface area contributed by atoms with Gasteiger partial charge in [-0.1, -0.05) is 31.9 Å². The summed E-state index contributed by atoms with van der Waals surface area (Å²) in [5.74, 6) is -0.364. The van der Waals surface area contributed by atoms with Gasteiger partial charge in [0.15, 0.2) is 5.60 Å². The lowest BCUT2D eigenvalue weighted by molar-refractivity contribution is -0.133. The highest BCUT2D eigenvalue weighted by atomic mass is 16.5. The highest BCUT2D eigenvalue weighted by Gasteiger charge is 2.42. The Morgan fingerprint density at radius 2 is 1.79 bits per heavy atom. The minimum atomic E-state index is -1.12. The second kappa shape index (κ2) is 9.25. The van der Waals surface area contributed by atoms with Crippen LogP contribution in [0.25, 0.3) is 0 Å². The number of hydrogen-bond donors (Lipinski definition) is 2. The van der Waals surface area contributed by atoms with E-state index in [0.29, 0.717) is 22.7 Å². The van der Waals surface area contributed by atoms with Crippen LogP contribution in [-0.2, 0) is 16.0 Å². The van der Waals surface area contributed by atoms with Crippen LogP contribution in [0.5, 0.6) is 5.75 Å². The van der Waals surface area contributed by atoms with Crippen LogP contribution in [-0.4, -0.2) is 35.9 Å². The number of benzene rings is 2. The van der Waals surface area contributed by atoms with Gasteiger partial charge in [-0.05, 0) is 69.0 Å². The second-order valence-corrected chi connectivity index (χ2v) is 9.24. The van der Waals surface area contributed by atoms with Gasteiger partial charge in [-0.2, -0.15) is 0 Å². The van der Waals surface area contributed by atoms with E-state index in [-0.39, 0.29) is 30.3 Å². The number of nitrogens with zero attached hydrogens (tertiary/aromatic N) is 1. The van der Waals surface area contributed by atoms with E-state index in [1.54, 1.807) is 32.0 Å². The number of amides is 3. The van der Waals surface area contributed by atoms with Gasteiger partial charge < -0.3 is 15.4 Å². The van der Waals surface area contributed by atoms with E-state index in [1.807, 2.05) is 24.3 Å². The number of carbonyl (C=O) groups excluding carboxylic acids is 3. The normalized spacial score (nSPS) is 17.3. The number of rotatable bonds is 6. The Kier molecular flexibility index (Phi) is 6.40. The van der Waals surface area contributed by atoms with Gasteiger partial charge in [0.2, 0.25) is 5.91 Å². The van der Waals surface area contributed by atoms with Crippen molar-refractivity contribution in [1.82, 2.24) is 5.32 Å². The molecule has 7 heteroatoms. The highest BCUT2D eigenvalue weighted by molar-refractivity contribution is 6.08. The third-order valence-electron chi connectivity index (χ3n) is 6.28.